The SMILES string of the molecule is Cc1ccc2c(c1)Oc1ccc(CC(=O)c3ccccc3)c(CCl)c1C2. The van der Waals surface area contributed by atoms with Gasteiger partial charge in [-0.15, -0.1) is 11.6 Å². The van der Waals surface area contributed by atoms with Crippen LogP contribution < -0.4 is 4.74 Å². The van der Waals surface area contributed by atoms with Crippen LogP contribution in [0, 0.1) is 6.92 Å². The standard InChI is InChI=1S/C23H19ClO2/c1-15-7-8-18-12-19-20(14-24)17(9-10-22(19)26-23(18)11-15)13-21(25)16-5-3-2-4-6-16/h2-11H,12-14H2,1H3. The van der Waals surface area contributed by atoms with Crippen molar-refractivity contribution in [2.24, 2.45) is 0 Å². The summed E-state index contributed by atoms with van der Waals surface area (Å²) in [5.74, 6) is 2.22. The molecule has 0 aliphatic carbocycles. The average Bonchev–Trinajstić information content (AvgIpc) is 2.67. The first kappa shape index (κ1) is 16.9. The molecule has 3 aromatic carbocycles. The number of benzene rings is 3. The fraction of sp³-hybridized carbons (Fsp3) is 0.174. The molecular weight excluding hydrogens is 344 g/mol. The molecule has 0 fully saturated rings. The number of carbonyl (C=O) groups is 1. The molecule has 0 atom stereocenters. The Balaban J connectivity index is 1.68. The summed E-state index contributed by atoms with van der Waals surface area (Å²) in [4.78, 5) is 12.6. The summed E-state index contributed by atoms with van der Waals surface area (Å²) < 4.78 is 6.10. The maximum atomic E-state index is 12.6. The molecule has 0 saturated heterocycles. The lowest BCUT2D eigenvalue weighted by Crippen LogP contribution is -2.11. The number of carbonyl (C=O) groups excluding carboxylic acids is 1. The van der Waals surface area contributed by atoms with Gasteiger partial charge in [0.05, 0.1) is 0 Å². The van der Waals surface area contributed by atoms with Gasteiger partial charge < -0.3 is 4.74 Å². The largest absolute Gasteiger partial charge is 0.457 e. The zero-order valence-corrected chi connectivity index (χ0v) is 15.3. The third-order valence-electron chi connectivity index (χ3n) is 4.88. The van der Waals surface area contributed by atoms with Crippen molar-refractivity contribution in [1.29, 1.82) is 0 Å². The number of Topliss-reactive ketones (excluding diaryl/α,β-unsaturated/α-hetero) is 1. The summed E-state index contributed by atoms with van der Waals surface area (Å²) in [6, 6.07) is 19.6. The first-order valence-corrected chi connectivity index (χ1v) is 9.24. The van der Waals surface area contributed by atoms with Gasteiger partial charge in [-0.1, -0.05) is 48.5 Å². The van der Waals surface area contributed by atoms with Gasteiger partial charge in [-0.3, -0.25) is 4.79 Å². The van der Waals surface area contributed by atoms with E-state index in [1.165, 1.54) is 5.56 Å². The second-order valence-electron chi connectivity index (χ2n) is 6.67. The van der Waals surface area contributed by atoms with E-state index in [1.807, 2.05) is 42.5 Å². The van der Waals surface area contributed by atoms with E-state index in [-0.39, 0.29) is 5.78 Å². The lowest BCUT2D eigenvalue weighted by atomic mass is 9.90. The van der Waals surface area contributed by atoms with E-state index < -0.39 is 0 Å². The minimum atomic E-state index is 0.102. The van der Waals surface area contributed by atoms with E-state index in [4.69, 9.17) is 16.3 Å². The number of aryl methyl sites for hydroxylation is 1. The quantitative estimate of drug-likeness (QED) is 0.336. The molecule has 4 rings (SSSR count). The van der Waals surface area contributed by atoms with Crippen molar-refractivity contribution in [1.82, 2.24) is 0 Å². The van der Waals surface area contributed by atoms with Crippen LogP contribution in [-0.2, 0) is 18.7 Å². The lowest BCUT2D eigenvalue weighted by molar-refractivity contribution is 0.0992. The van der Waals surface area contributed by atoms with Gasteiger partial charge in [0, 0.05) is 29.8 Å². The maximum Gasteiger partial charge on any atom is 0.167 e. The van der Waals surface area contributed by atoms with Gasteiger partial charge in [-0.25, -0.2) is 0 Å². The third-order valence-corrected chi connectivity index (χ3v) is 5.14. The Bertz CT molecular complexity index is 977. The van der Waals surface area contributed by atoms with Gasteiger partial charge in [0.15, 0.2) is 5.78 Å². The normalized spacial score (nSPS) is 12.1. The molecule has 130 valence electrons. The molecule has 1 heterocycles. The Morgan fingerprint density at radius 1 is 1.04 bits per heavy atom. The third kappa shape index (κ3) is 3.13. The number of halogens is 1. The van der Waals surface area contributed by atoms with Crippen LogP contribution in [0.3, 0.4) is 0 Å². The average molecular weight is 363 g/mol. The van der Waals surface area contributed by atoms with Gasteiger partial charge in [0.25, 0.3) is 0 Å². The number of hydrogen-bond donors (Lipinski definition) is 0. The van der Waals surface area contributed by atoms with E-state index in [1.54, 1.807) is 0 Å². The number of alkyl halides is 1. The van der Waals surface area contributed by atoms with Crippen molar-refractivity contribution in [2.75, 3.05) is 0 Å². The van der Waals surface area contributed by atoms with Crippen molar-refractivity contribution >= 4 is 17.4 Å². The molecular formula is C23H19ClO2. The summed E-state index contributed by atoms with van der Waals surface area (Å²) in [7, 11) is 0. The van der Waals surface area contributed by atoms with Gasteiger partial charge >= 0.3 is 0 Å². The molecule has 0 amide bonds. The monoisotopic (exact) mass is 362 g/mol. The smallest absolute Gasteiger partial charge is 0.167 e. The highest BCUT2D eigenvalue weighted by atomic mass is 35.5. The Morgan fingerprint density at radius 3 is 2.62 bits per heavy atom. The van der Waals surface area contributed by atoms with Gasteiger partial charge in [0.1, 0.15) is 11.5 Å². The number of rotatable bonds is 4. The first-order valence-electron chi connectivity index (χ1n) is 8.71. The zero-order valence-electron chi connectivity index (χ0n) is 14.6. The molecule has 1 aliphatic rings. The fourth-order valence-electron chi connectivity index (χ4n) is 3.45. The molecule has 0 N–H and O–H groups in total. The molecule has 3 heteroatoms. The van der Waals surface area contributed by atoms with Crippen LogP contribution in [0.1, 0.15) is 38.2 Å². The first-order chi connectivity index (χ1) is 12.7. The summed E-state index contributed by atoms with van der Waals surface area (Å²) in [6.45, 7) is 2.06. The minimum absolute atomic E-state index is 0.102. The van der Waals surface area contributed by atoms with Crippen LogP contribution in [0.25, 0.3) is 0 Å². The molecule has 0 bridgehead atoms. The second-order valence-corrected chi connectivity index (χ2v) is 6.94. The van der Waals surface area contributed by atoms with Gasteiger partial charge in [-0.2, -0.15) is 0 Å². The van der Waals surface area contributed by atoms with Crippen molar-refractivity contribution in [3.63, 3.8) is 0 Å². The Kier molecular flexibility index (Phi) is 4.52. The Labute approximate surface area is 158 Å². The molecule has 1 aliphatic heterocycles. The maximum absolute atomic E-state index is 12.6. The van der Waals surface area contributed by atoms with E-state index in [0.717, 1.165) is 45.7 Å². The van der Waals surface area contributed by atoms with Crippen LogP contribution in [0.5, 0.6) is 11.5 Å². The van der Waals surface area contributed by atoms with Gasteiger partial charge in [-0.05, 0) is 41.3 Å². The molecule has 3 aromatic rings. The van der Waals surface area contributed by atoms with E-state index in [0.29, 0.717) is 12.3 Å². The van der Waals surface area contributed by atoms with E-state index >= 15 is 0 Å². The summed E-state index contributed by atoms with van der Waals surface area (Å²) >= 11 is 6.28. The van der Waals surface area contributed by atoms with E-state index in [2.05, 4.69) is 25.1 Å². The zero-order chi connectivity index (χ0) is 18.1. The highest BCUT2D eigenvalue weighted by Crippen LogP contribution is 2.40. The molecule has 0 aromatic heterocycles. The van der Waals surface area contributed by atoms with Crippen LogP contribution >= 0.6 is 11.6 Å². The molecule has 0 saturated carbocycles. The number of ether oxygens (including phenoxy) is 1. The van der Waals surface area contributed by atoms with Crippen molar-refractivity contribution in [2.45, 2.75) is 25.6 Å². The molecule has 26 heavy (non-hydrogen) atoms. The Hall–Kier alpha value is -2.58. The molecule has 0 unspecified atom stereocenters. The van der Waals surface area contributed by atoms with Crippen LogP contribution in [0.2, 0.25) is 0 Å². The van der Waals surface area contributed by atoms with Crippen LogP contribution in [0.15, 0.2) is 60.7 Å². The topological polar surface area (TPSA) is 26.3 Å². The second kappa shape index (κ2) is 6.97. The molecule has 0 spiro atoms. The van der Waals surface area contributed by atoms with Crippen molar-refractivity contribution < 1.29 is 9.53 Å². The fourth-order valence-corrected chi connectivity index (χ4v) is 3.79. The summed E-state index contributed by atoms with van der Waals surface area (Å²) in [6.07, 6.45) is 1.13. The molecule has 2 nitrogen and oxygen atoms in total. The molecule has 0 radical (unpaired) electrons. The number of ketones is 1. The summed E-state index contributed by atoms with van der Waals surface area (Å²) in [5.41, 5.74) is 6.14. The van der Waals surface area contributed by atoms with Crippen LogP contribution in [-0.4, -0.2) is 5.78 Å². The number of hydrogen-bond acceptors (Lipinski definition) is 2. The Morgan fingerprint density at radius 2 is 1.85 bits per heavy atom. The predicted molar refractivity (Wildman–Crippen MR) is 105 cm³/mol. The van der Waals surface area contributed by atoms with Crippen LogP contribution in [0.4, 0.5) is 0 Å². The highest BCUT2D eigenvalue weighted by molar-refractivity contribution is 6.17. The summed E-state index contributed by atoms with van der Waals surface area (Å²) in [5, 5.41) is 0. The van der Waals surface area contributed by atoms with Crippen molar-refractivity contribution in [3.05, 3.63) is 94.0 Å². The highest BCUT2D eigenvalue weighted by Gasteiger charge is 2.22. The predicted octanol–water partition coefficient (Wildman–Crippen LogP) is 5.86. The van der Waals surface area contributed by atoms with Crippen molar-refractivity contribution in [3.8, 4) is 11.5 Å². The number of fused-ring (bicyclic) bond motifs is 2. The lowest BCUT2D eigenvalue weighted by Gasteiger charge is -2.24. The van der Waals surface area contributed by atoms with Gasteiger partial charge in [0.2, 0.25) is 0 Å². The van der Waals surface area contributed by atoms with E-state index in [9.17, 15) is 4.79 Å². The minimum Gasteiger partial charge on any atom is -0.457 e.